The van der Waals surface area contributed by atoms with Gasteiger partial charge >= 0.3 is 7.87 Å². The summed E-state index contributed by atoms with van der Waals surface area (Å²) in [7, 11) is 5.34. The van der Waals surface area contributed by atoms with Crippen LogP contribution in [0, 0.1) is 22.9 Å². The highest BCUT2D eigenvalue weighted by molar-refractivity contribution is 7.66. The minimum absolute atomic E-state index is 1.09. The molecule has 28 heavy (non-hydrogen) atoms. The van der Waals surface area contributed by atoms with E-state index >= 15 is 0 Å². The lowest BCUT2D eigenvalue weighted by Gasteiger charge is -2.48. The fourth-order valence-electron chi connectivity index (χ4n) is 3.06. The van der Waals surface area contributed by atoms with Crippen molar-refractivity contribution in [2.24, 2.45) is 11.5 Å². The predicted molar refractivity (Wildman–Crippen MR) is 123 cm³/mol. The summed E-state index contributed by atoms with van der Waals surface area (Å²) in [6.07, 6.45) is 7.62. The van der Waals surface area contributed by atoms with Crippen LogP contribution in [0.2, 0.25) is 0 Å². The third-order valence-electron chi connectivity index (χ3n) is 4.67. The number of unbranched alkanes of at least 4 members (excludes halogenated alkanes) is 2. The molecule has 0 aromatic heterocycles. The topological polar surface area (TPSA) is 113 Å². The molecule has 0 amide bonds. The molecule has 0 aliphatic heterocycles. The molecular formula is C19H46N8P+. The van der Waals surface area contributed by atoms with E-state index in [4.69, 9.17) is 10.5 Å². The molecule has 0 aliphatic rings. The molecule has 0 aromatic carbocycles. The highest BCUT2D eigenvalue weighted by Crippen LogP contribution is 2.68. The summed E-state index contributed by atoms with van der Waals surface area (Å²) >= 11 is 0. The van der Waals surface area contributed by atoms with Crippen LogP contribution in [0.3, 0.4) is 0 Å². The molecular weight excluding hydrogens is 371 g/mol. The number of nitrogens with two attached hydrogens (primary N) is 2. The zero-order valence-electron chi connectivity index (χ0n) is 19.6. The van der Waals surface area contributed by atoms with E-state index in [1.165, 1.54) is 51.2 Å². The van der Waals surface area contributed by atoms with Gasteiger partial charge in [0.25, 0.3) is 0 Å². The number of hydrogen-bond acceptors (Lipinski definition) is 8. The van der Waals surface area contributed by atoms with Crippen molar-refractivity contribution in [1.82, 2.24) is 18.7 Å². The third-order valence-corrected chi connectivity index (χ3v) is 9.42. The lowest BCUT2D eigenvalue weighted by molar-refractivity contribution is 0.284. The van der Waals surface area contributed by atoms with E-state index in [9.17, 15) is 0 Å². The van der Waals surface area contributed by atoms with Gasteiger partial charge in [-0.1, -0.05) is 26.7 Å². The Morgan fingerprint density at radius 2 is 0.929 bits per heavy atom. The lowest BCUT2D eigenvalue weighted by atomic mass is 10.3. The Morgan fingerprint density at radius 1 is 0.679 bits per heavy atom. The van der Waals surface area contributed by atoms with Crippen LogP contribution < -0.4 is 11.5 Å². The second-order valence-electron chi connectivity index (χ2n) is 6.38. The van der Waals surface area contributed by atoms with Crippen molar-refractivity contribution < 1.29 is 0 Å². The highest BCUT2D eigenvalue weighted by atomic mass is 31.2. The number of hydrogen-bond donors (Lipinski definition) is 2. The summed E-state index contributed by atoms with van der Waals surface area (Å²) in [6.45, 7) is 17.2. The van der Waals surface area contributed by atoms with Crippen LogP contribution in [0.15, 0.2) is 0 Å². The minimum atomic E-state index is -1.61. The van der Waals surface area contributed by atoms with Crippen LogP contribution in [-0.4, -0.2) is 72.5 Å². The van der Waals surface area contributed by atoms with Gasteiger partial charge in [0, 0.05) is 53.9 Å². The van der Waals surface area contributed by atoms with Crippen molar-refractivity contribution in [1.29, 1.82) is 10.5 Å². The van der Waals surface area contributed by atoms with Crippen LogP contribution in [-0.2, 0) is 0 Å². The molecule has 0 atom stereocenters. The average molecular weight is 418 g/mol. The first-order valence-corrected chi connectivity index (χ1v) is 11.9. The third kappa shape index (κ3) is 10.4. The van der Waals surface area contributed by atoms with Gasteiger partial charge in [0.15, 0.2) is 12.4 Å². The van der Waals surface area contributed by atoms with Gasteiger partial charge < -0.3 is 11.5 Å². The first kappa shape index (κ1) is 31.5. The van der Waals surface area contributed by atoms with Gasteiger partial charge in [-0.2, -0.15) is 10.5 Å². The maximum absolute atomic E-state index is 7.10. The molecule has 0 spiro atoms. The molecule has 0 saturated carbocycles. The normalized spacial score (nSPS) is 10.8. The van der Waals surface area contributed by atoms with Gasteiger partial charge in [0.05, 0.1) is 0 Å². The maximum Gasteiger partial charge on any atom is 0.307 e. The Morgan fingerprint density at radius 3 is 1.11 bits per heavy atom. The van der Waals surface area contributed by atoms with E-state index in [1.54, 1.807) is 0 Å². The summed E-state index contributed by atoms with van der Waals surface area (Å²) in [4.78, 5) is 0. The van der Waals surface area contributed by atoms with Gasteiger partial charge in [0.2, 0.25) is 0 Å². The Balaban J connectivity index is -0.000000915. The molecule has 0 unspecified atom stereocenters. The van der Waals surface area contributed by atoms with E-state index < -0.39 is 7.87 Å². The molecule has 9 heteroatoms. The Bertz CT molecular complexity index is 375. The van der Waals surface area contributed by atoms with Crippen LogP contribution in [0.25, 0.3) is 0 Å². The van der Waals surface area contributed by atoms with Crippen molar-refractivity contribution in [3.63, 3.8) is 0 Å². The minimum Gasteiger partial charge on any atom is -0.337 e. The number of nitriles is 2. The Kier molecular flexibility index (Phi) is 23.2. The predicted octanol–water partition coefficient (Wildman–Crippen LogP) is 3.27. The standard InChI is InChI=1S/C17H42N4P.2CH2N2/c1-9-14-16-21(17-15-10-2)22(18(6)11-3,19(7)12-4)20(8)13-5;2*2-1-3/h9-17H2,1-8H3;2*2H2/q+1;;. The molecule has 0 radical (unpaired) electrons. The van der Waals surface area contributed by atoms with Gasteiger partial charge in [0.1, 0.15) is 0 Å². The second-order valence-corrected chi connectivity index (χ2v) is 10.1. The highest BCUT2D eigenvalue weighted by Gasteiger charge is 2.56. The van der Waals surface area contributed by atoms with Gasteiger partial charge in [-0.15, -0.1) is 18.7 Å². The Hall–Kier alpha value is -1.15. The van der Waals surface area contributed by atoms with E-state index in [0.29, 0.717) is 0 Å². The van der Waals surface area contributed by atoms with Crippen molar-refractivity contribution in [2.75, 3.05) is 53.9 Å². The number of rotatable bonds is 13. The smallest absolute Gasteiger partial charge is 0.307 e. The van der Waals surface area contributed by atoms with Crippen molar-refractivity contribution in [3.8, 4) is 12.4 Å². The monoisotopic (exact) mass is 417 g/mol. The average Bonchev–Trinajstić information content (AvgIpc) is 2.69. The van der Waals surface area contributed by atoms with Crippen LogP contribution >= 0.6 is 7.87 Å². The van der Waals surface area contributed by atoms with E-state index in [0.717, 1.165) is 19.6 Å². The molecule has 0 fully saturated rings. The first-order chi connectivity index (χ1) is 13.3. The molecule has 0 bridgehead atoms. The van der Waals surface area contributed by atoms with Crippen LogP contribution in [0.1, 0.15) is 60.3 Å². The number of nitrogens with zero attached hydrogens (tertiary/aromatic N) is 6. The van der Waals surface area contributed by atoms with E-state index in [1.807, 2.05) is 0 Å². The van der Waals surface area contributed by atoms with E-state index in [2.05, 4.69) is 85.9 Å². The van der Waals surface area contributed by atoms with E-state index in [-0.39, 0.29) is 0 Å². The summed E-state index contributed by atoms with van der Waals surface area (Å²) in [5.41, 5.74) is 8.31. The van der Waals surface area contributed by atoms with Crippen molar-refractivity contribution in [2.45, 2.75) is 60.3 Å². The molecule has 8 nitrogen and oxygen atoms in total. The fraction of sp³-hybridized carbons (Fsp3) is 0.895. The van der Waals surface area contributed by atoms with Crippen LogP contribution in [0.4, 0.5) is 0 Å². The summed E-state index contributed by atoms with van der Waals surface area (Å²) in [5.74, 6) is 0. The first-order valence-electron chi connectivity index (χ1n) is 10.3. The Labute approximate surface area is 175 Å². The van der Waals surface area contributed by atoms with Gasteiger partial charge in [-0.3, -0.25) is 0 Å². The summed E-state index contributed by atoms with van der Waals surface area (Å²) in [6, 6.07) is 0. The zero-order valence-corrected chi connectivity index (χ0v) is 20.5. The van der Waals surface area contributed by atoms with Crippen molar-refractivity contribution in [3.05, 3.63) is 0 Å². The van der Waals surface area contributed by atoms with Gasteiger partial charge in [-0.25, -0.2) is 0 Å². The molecule has 4 N–H and O–H groups in total. The van der Waals surface area contributed by atoms with Gasteiger partial charge in [-0.05, 0) is 33.6 Å². The molecule has 0 aliphatic carbocycles. The summed E-state index contributed by atoms with van der Waals surface area (Å²) in [5, 5.41) is 14.2. The largest absolute Gasteiger partial charge is 0.337 e. The zero-order chi connectivity index (χ0) is 22.6. The molecule has 0 rings (SSSR count). The molecule has 0 heterocycles. The molecule has 166 valence electrons. The molecule has 0 aromatic rings. The molecule has 0 saturated heterocycles. The maximum atomic E-state index is 7.10. The SMILES string of the molecule is CCCCN(CCCC)[P+](N(C)CC)(N(C)CC)N(C)CC.N#CN.N#CN. The summed E-state index contributed by atoms with van der Waals surface area (Å²) < 4.78 is 10.7. The van der Waals surface area contributed by atoms with Crippen molar-refractivity contribution >= 4 is 7.87 Å². The quantitative estimate of drug-likeness (QED) is 0.267. The second kappa shape index (κ2) is 20.6. The fourth-order valence-corrected chi connectivity index (χ4v) is 7.88. The lowest BCUT2D eigenvalue weighted by Crippen LogP contribution is -2.50. The van der Waals surface area contributed by atoms with Crippen LogP contribution in [0.5, 0.6) is 0 Å².